The fraction of sp³-hybridized carbons (Fsp3) is 0.200. The van der Waals surface area contributed by atoms with Crippen LogP contribution in [0.2, 0.25) is 0 Å². The van der Waals surface area contributed by atoms with E-state index < -0.39 is 0 Å². The minimum atomic E-state index is -0.0257. The molecule has 0 fully saturated rings. The van der Waals surface area contributed by atoms with Crippen molar-refractivity contribution in [2.45, 2.75) is 19.4 Å². The zero-order chi connectivity index (χ0) is 15.9. The Labute approximate surface area is 136 Å². The topological polar surface area (TPSA) is 34.9 Å². The molecule has 0 aliphatic carbocycles. The highest BCUT2D eigenvalue weighted by atomic mass is 16.1. The maximum atomic E-state index is 12.9. The summed E-state index contributed by atoms with van der Waals surface area (Å²) in [4.78, 5) is 16.9. The van der Waals surface area contributed by atoms with Gasteiger partial charge in [0.15, 0.2) is 5.78 Å². The first-order valence-corrected chi connectivity index (χ1v) is 7.92. The lowest BCUT2D eigenvalue weighted by atomic mass is 9.88. The van der Waals surface area contributed by atoms with E-state index >= 15 is 0 Å². The molecule has 3 aromatic rings. The van der Waals surface area contributed by atoms with E-state index in [4.69, 9.17) is 0 Å². The smallest absolute Gasteiger partial charge is 0.166 e. The summed E-state index contributed by atoms with van der Waals surface area (Å²) in [6.07, 6.45) is 7.08. The maximum absolute atomic E-state index is 12.9. The Morgan fingerprint density at radius 3 is 2.35 bits per heavy atom. The number of imidazole rings is 1. The Balaban J connectivity index is 1.76. The number of aryl methyl sites for hydroxylation is 1. The molecule has 0 aliphatic heterocycles. The van der Waals surface area contributed by atoms with E-state index in [2.05, 4.69) is 17.1 Å². The Hall–Kier alpha value is -2.68. The maximum Gasteiger partial charge on any atom is 0.166 e. The Kier molecular flexibility index (Phi) is 4.99. The van der Waals surface area contributed by atoms with E-state index in [1.807, 2.05) is 59.3 Å². The third-order valence-corrected chi connectivity index (χ3v) is 4.05. The molecule has 0 radical (unpaired) electrons. The van der Waals surface area contributed by atoms with Crippen molar-refractivity contribution in [3.63, 3.8) is 0 Å². The number of ketones is 1. The molecule has 2 aromatic carbocycles. The molecule has 0 amide bonds. The van der Waals surface area contributed by atoms with E-state index in [1.165, 1.54) is 5.56 Å². The van der Waals surface area contributed by atoms with Gasteiger partial charge in [-0.25, -0.2) is 4.98 Å². The molecule has 0 aliphatic rings. The second-order valence-electron chi connectivity index (χ2n) is 5.71. The van der Waals surface area contributed by atoms with Gasteiger partial charge in [-0.05, 0) is 18.4 Å². The van der Waals surface area contributed by atoms with Crippen LogP contribution in [0.3, 0.4) is 0 Å². The minimum Gasteiger partial charge on any atom is -0.337 e. The van der Waals surface area contributed by atoms with E-state index in [0.717, 1.165) is 24.9 Å². The molecule has 1 unspecified atom stereocenters. The molecule has 1 heterocycles. The van der Waals surface area contributed by atoms with E-state index in [-0.39, 0.29) is 11.7 Å². The summed E-state index contributed by atoms with van der Waals surface area (Å²) in [5, 5.41) is 0. The van der Waals surface area contributed by atoms with Crippen LogP contribution in [0.1, 0.15) is 22.3 Å². The summed E-state index contributed by atoms with van der Waals surface area (Å²) < 4.78 is 2.02. The lowest BCUT2D eigenvalue weighted by Gasteiger charge is -2.16. The predicted octanol–water partition coefficient (Wildman–Crippen LogP) is 4.02. The zero-order valence-electron chi connectivity index (χ0n) is 13.0. The highest BCUT2D eigenvalue weighted by Crippen LogP contribution is 2.19. The van der Waals surface area contributed by atoms with Crippen LogP contribution in [0.25, 0.3) is 0 Å². The highest BCUT2D eigenvalue weighted by molar-refractivity contribution is 5.97. The van der Waals surface area contributed by atoms with Crippen molar-refractivity contribution in [1.29, 1.82) is 0 Å². The molecule has 0 spiro atoms. The van der Waals surface area contributed by atoms with E-state index in [1.54, 1.807) is 12.5 Å². The first-order chi connectivity index (χ1) is 11.3. The first kappa shape index (κ1) is 15.2. The number of carbonyl (C=O) groups excluding carboxylic acids is 1. The molecule has 1 aromatic heterocycles. The highest BCUT2D eigenvalue weighted by Gasteiger charge is 2.20. The quantitative estimate of drug-likeness (QED) is 0.618. The minimum absolute atomic E-state index is 0.0257. The van der Waals surface area contributed by atoms with E-state index in [0.29, 0.717) is 0 Å². The van der Waals surface area contributed by atoms with Gasteiger partial charge >= 0.3 is 0 Å². The summed E-state index contributed by atoms with van der Waals surface area (Å²) >= 11 is 0. The number of Topliss-reactive ketones (excluding diaryl/α,β-unsaturated/α-hetero) is 1. The standard InChI is InChI=1S/C20H20N2O/c23-20(18-9-5-2-6-10-18)19(11-13-22-14-12-21-16-22)15-17-7-3-1-4-8-17/h1-10,12,14,16,19H,11,13,15H2. The SMILES string of the molecule is O=C(c1ccccc1)C(CCn1ccnc1)Cc1ccccc1. The number of benzene rings is 2. The Morgan fingerprint density at radius 1 is 1.00 bits per heavy atom. The van der Waals surface area contributed by atoms with Gasteiger partial charge in [0.2, 0.25) is 0 Å². The Morgan fingerprint density at radius 2 is 1.70 bits per heavy atom. The fourth-order valence-electron chi connectivity index (χ4n) is 2.79. The van der Waals surface area contributed by atoms with Gasteiger partial charge in [0.05, 0.1) is 6.33 Å². The van der Waals surface area contributed by atoms with E-state index in [9.17, 15) is 4.79 Å². The number of nitrogens with zero attached hydrogens (tertiary/aromatic N) is 2. The van der Waals surface area contributed by atoms with Crippen LogP contribution in [0.15, 0.2) is 79.4 Å². The summed E-state index contributed by atoms with van der Waals surface area (Å²) in [7, 11) is 0. The van der Waals surface area contributed by atoms with Gasteiger partial charge in [0, 0.05) is 30.4 Å². The van der Waals surface area contributed by atoms with Gasteiger partial charge in [-0.1, -0.05) is 60.7 Å². The van der Waals surface area contributed by atoms with Gasteiger partial charge in [0.25, 0.3) is 0 Å². The average Bonchev–Trinajstić information content (AvgIpc) is 3.13. The number of aromatic nitrogens is 2. The third-order valence-electron chi connectivity index (χ3n) is 4.05. The third kappa shape index (κ3) is 4.16. The second-order valence-corrected chi connectivity index (χ2v) is 5.71. The fourth-order valence-corrected chi connectivity index (χ4v) is 2.79. The monoisotopic (exact) mass is 304 g/mol. The summed E-state index contributed by atoms with van der Waals surface area (Å²) in [5.41, 5.74) is 1.99. The van der Waals surface area contributed by atoms with Crippen molar-refractivity contribution in [1.82, 2.24) is 9.55 Å². The summed E-state index contributed by atoms with van der Waals surface area (Å²) in [5.74, 6) is 0.191. The van der Waals surface area contributed by atoms with Gasteiger partial charge in [-0.3, -0.25) is 4.79 Å². The van der Waals surface area contributed by atoms with Crippen LogP contribution < -0.4 is 0 Å². The zero-order valence-corrected chi connectivity index (χ0v) is 13.0. The molecule has 116 valence electrons. The van der Waals surface area contributed by atoms with Gasteiger partial charge in [0.1, 0.15) is 0 Å². The number of carbonyl (C=O) groups is 1. The van der Waals surface area contributed by atoms with Crippen molar-refractivity contribution in [3.8, 4) is 0 Å². The normalized spacial score (nSPS) is 12.0. The Bertz CT molecular complexity index is 721. The molecular formula is C20H20N2O. The number of hydrogen-bond acceptors (Lipinski definition) is 2. The molecule has 3 nitrogen and oxygen atoms in total. The number of rotatable bonds is 7. The van der Waals surface area contributed by atoms with Gasteiger partial charge in [-0.15, -0.1) is 0 Å². The van der Waals surface area contributed by atoms with Crippen molar-refractivity contribution in [2.75, 3.05) is 0 Å². The first-order valence-electron chi connectivity index (χ1n) is 7.92. The van der Waals surface area contributed by atoms with Gasteiger partial charge in [-0.2, -0.15) is 0 Å². The molecule has 0 saturated carbocycles. The molecule has 3 heteroatoms. The largest absolute Gasteiger partial charge is 0.337 e. The van der Waals surface area contributed by atoms with Crippen molar-refractivity contribution in [2.24, 2.45) is 5.92 Å². The van der Waals surface area contributed by atoms with Crippen LogP contribution in [0, 0.1) is 5.92 Å². The second kappa shape index (κ2) is 7.54. The molecule has 3 rings (SSSR count). The van der Waals surface area contributed by atoms with Crippen molar-refractivity contribution in [3.05, 3.63) is 90.5 Å². The lowest BCUT2D eigenvalue weighted by molar-refractivity contribution is 0.0909. The van der Waals surface area contributed by atoms with Crippen molar-refractivity contribution < 1.29 is 4.79 Å². The summed E-state index contributed by atoms with van der Waals surface area (Å²) in [6.45, 7) is 0.802. The molecule has 23 heavy (non-hydrogen) atoms. The average molecular weight is 304 g/mol. The van der Waals surface area contributed by atoms with Crippen LogP contribution >= 0.6 is 0 Å². The van der Waals surface area contributed by atoms with Gasteiger partial charge < -0.3 is 4.57 Å². The van der Waals surface area contributed by atoms with Crippen LogP contribution in [-0.2, 0) is 13.0 Å². The van der Waals surface area contributed by atoms with Crippen molar-refractivity contribution >= 4 is 5.78 Å². The summed E-state index contributed by atoms with van der Waals surface area (Å²) in [6, 6.07) is 19.8. The van der Waals surface area contributed by atoms with Crippen LogP contribution in [0.5, 0.6) is 0 Å². The molecular weight excluding hydrogens is 284 g/mol. The molecule has 1 atom stereocenters. The number of hydrogen-bond donors (Lipinski definition) is 0. The predicted molar refractivity (Wildman–Crippen MR) is 91.3 cm³/mol. The molecule has 0 saturated heterocycles. The van der Waals surface area contributed by atoms with Crippen LogP contribution in [-0.4, -0.2) is 15.3 Å². The van der Waals surface area contributed by atoms with Crippen LogP contribution in [0.4, 0.5) is 0 Å². The molecule has 0 N–H and O–H groups in total. The molecule has 0 bridgehead atoms. The lowest BCUT2D eigenvalue weighted by Crippen LogP contribution is -2.19.